The molecule has 0 saturated carbocycles. The van der Waals surface area contributed by atoms with E-state index in [9.17, 15) is 18.8 Å². The lowest BCUT2D eigenvalue weighted by molar-refractivity contribution is -0.121. The topological polar surface area (TPSA) is 92.2 Å². The highest BCUT2D eigenvalue weighted by Gasteiger charge is 2.21. The maximum Gasteiger partial charge on any atom is 0.275 e. The Morgan fingerprint density at radius 3 is 2.71 bits per heavy atom. The monoisotopic (exact) mass is 428 g/mol. The molecule has 1 aromatic carbocycles. The number of anilines is 1. The molecule has 0 saturated heterocycles. The molecule has 8 heteroatoms. The summed E-state index contributed by atoms with van der Waals surface area (Å²) in [6.45, 7) is 1.93. The minimum absolute atomic E-state index is 0.115. The first-order chi connectivity index (χ1) is 14.9. The Bertz CT molecular complexity index is 1020. The van der Waals surface area contributed by atoms with Crippen molar-refractivity contribution in [2.75, 3.05) is 18.9 Å². The predicted octanol–water partition coefficient (Wildman–Crippen LogP) is 1.77. The Morgan fingerprint density at radius 2 is 1.97 bits per heavy atom. The molecule has 2 aromatic rings. The van der Waals surface area contributed by atoms with Crippen LogP contribution in [-0.2, 0) is 35.4 Å². The molecule has 166 valence electrons. The smallest absolute Gasteiger partial charge is 0.275 e. The average Bonchev–Trinajstić information content (AvgIpc) is 2.76. The first-order valence-electron chi connectivity index (χ1n) is 10.6. The minimum atomic E-state index is -0.449. The fourth-order valence-corrected chi connectivity index (χ4v) is 3.75. The van der Waals surface area contributed by atoms with Crippen LogP contribution in [0.5, 0.6) is 0 Å². The van der Waals surface area contributed by atoms with Crippen LogP contribution in [0.25, 0.3) is 0 Å². The Labute approximate surface area is 181 Å². The predicted molar refractivity (Wildman–Crippen MR) is 118 cm³/mol. The van der Waals surface area contributed by atoms with Gasteiger partial charge in [0.25, 0.3) is 5.56 Å². The number of hydrogen-bond donors (Lipinski definition) is 3. The summed E-state index contributed by atoms with van der Waals surface area (Å²) in [6, 6.07) is 7.54. The zero-order valence-corrected chi connectivity index (χ0v) is 18.0. The number of carbonyl (C=O) groups is 2. The molecule has 3 rings (SSSR count). The molecule has 3 N–H and O–H groups in total. The van der Waals surface area contributed by atoms with Gasteiger partial charge in [-0.3, -0.25) is 14.4 Å². The highest BCUT2D eigenvalue weighted by atomic mass is 19.1. The molecule has 0 spiro atoms. The molecule has 0 radical (unpaired) electrons. The normalized spacial score (nSPS) is 13.9. The number of hydrogen-bond acceptors (Lipinski definition) is 4. The van der Waals surface area contributed by atoms with Gasteiger partial charge in [-0.1, -0.05) is 12.1 Å². The maximum absolute atomic E-state index is 13.3. The van der Waals surface area contributed by atoms with Crippen LogP contribution in [0, 0.1) is 5.82 Å². The Kier molecular flexibility index (Phi) is 7.57. The van der Waals surface area contributed by atoms with Crippen molar-refractivity contribution in [3.8, 4) is 0 Å². The van der Waals surface area contributed by atoms with E-state index in [1.165, 1.54) is 16.7 Å². The standard InChI is InChI=1S/C23H29FN4O3/c1-15(25-2)22(30)27-19-13-17-7-3-4-9-20(17)28(23(19)31)14-21(29)26-11-10-16-6-5-8-18(24)12-16/h5-6,8,12-13,15,25H,3-4,7,9-11,14H2,1-2H3,(H,26,29)(H,27,30)/t15-/m0/s1. The largest absolute Gasteiger partial charge is 0.354 e. The molecule has 1 heterocycles. The van der Waals surface area contributed by atoms with Gasteiger partial charge in [-0.25, -0.2) is 4.39 Å². The second kappa shape index (κ2) is 10.3. The van der Waals surface area contributed by atoms with Gasteiger partial charge in [-0.2, -0.15) is 0 Å². The fourth-order valence-electron chi connectivity index (χ4n) is 3.75. The number of aromatic nitrogens is 1. The van der Waals surface area contributed by atoms with E-state index in [1.54, 1.807) is 32.2 Å². The summed E-state index contributed by atoms with van der Waals surface area (Å²) in [6.07, 6.45) is 3.99. The van der Waals surface area contributed by atoms with Crippen LogP contribution in [0.15, 0.2) is 35.1 Å². The van der Waals surface area contributed by atoms with E-state index in [-0.39, 0.29) is 35.4 Å². The van der Waals surface area contributed by atoms with Gasteiger partial charge in [0.15, 0.2) is 0 Å². The highest BCUT2D eigenvalue weighted by Crippen LogP contribution is 2.22. The summed E-state index contributed by atoms with van der Waals surface area (Å²) in [5.41, 5.74) is 2.46. The highest BCUT2D eigenvalue weighted by molar-refractivity contribution is 5.94. The summed E-state index contributed by atoms with van der Waals surface area (Å²) in [5.74, 6) is -0.909. The summed E-state index contributed by atoms with van der Waals surface area (Å²) >= 11 is 0. The van der Waals surface area contributed by atoms with Crippen LogP contribution in [0.2, 0.25) is 0 Å². The van der Waals surface area contributed by atoms with Gasteiger partial charge in [0.05, 0.1) is 6.04 Å². The van der Waals surface area contributed by atoms with Crippen LogP contribution >= 0.6 is 0 Å². The molecule has 31 heavy (non-hydrogen) atoms. The van der Waals surface area contributed by atoms with Crippen LogP contribution < -0.4 is 21.5 Å². The molecular formula is C23H29FN4O3. The lowest BCUT2D eigenvalue weighted by atomic mass is 9.95. The number of fused-ring (bicyclic) bond motifs is 1. The maximum atomic E-state index is 13.3. The Balaban J connectivity index is 1.74. The third kappa shape index (κ3) is 5.79. The number of nitrogens with zero attached hydrogens (tertiary/aromatic N) is 1. The second-order valence-electron chi connectivity index (χ2n) is 7.86. The van der Waals surface area contributed by atoms with E-state index in [1.807, 2.05) is 0 Å². The Morgan fingerprint density at radius 1 is 1.19 bits per heavy atom. The quantitative estimate of drug-likeness (QED) is 0.598. The van der Waals surface area contributed by atoms with E-state index in [2.05, 4.69) is 16.0 Å². The lowest BCUT2D eigenvalue weighted by Crippen LogP contribution is -2.40. The van der Waals surface area contributed by atoms with E-state index in [0.29, 0.717) is 13.0 Å². The summed E-state index contributed by atoms with van der Waals surface area (Å²) in [5, 5.41) is 8.34. The van der Waals surface area contributed by atoms with Gasteiger partial charge in [0.1, 0.15) is 18.0 Å². The molecule has 0 bridgehead atoms. The lowest BCUT2D eigenvalue weighted by Gasteiger charge is -2.23. The fraction of sp³-hybridized carbons (Fsp3) is 0.435. The minimum Gasteiger partial charge on any atom is -0.354 e. The average molecular weight is 429 g/mol. The number of rotatable bonds is 8. The number of halogens is 1. The molecular weight excluding hydrogens is 399 g/mol. The number of nitrogens with one attached hydrogen (secondary N) is 3. The van der Waals surface area contributed by atoms with Gasteiger partial charge in [-0.05, 0) is 75.4 Å². The van der Waals surface area contributed by atoms with Crippen molar-refractivity contribution in [1.82, 2.24) is 15.2 Å². The van der Waals surface area contributed by atoms with E-state index < -0.39 is 6.04 Å². The second-order valence-corrected chi connectivity index (χ2v) is 7.86. The van der Waals surface area contributed by atoms with Gasteiger partial charge < -0.3 is 20.5 Å². The van der Waals surface area contributed by atoms with Crippen LogP contribution in [-0.4, -0.2) is 36.0 Å². The SMILES string of the molecule is CN[C@@H](C)C(=O)Nc1cc2c(n(CC(=O)NCCc3cccc(F)c3)c1=O)CCCC2. The molecule has 0 unspecified atom stereocenters. The summed E-state index contributed by atoms with van der Waals surface area (Å²) < 4.78 is 14.8. The van der Waals surface area contributed by atoms with Crippen molar-refractivity contribution < 1.29 is 14.0 Å². The first-order valence-corrected chi connectivity index (χ1v) is 10.6. The van der Waals surface area contributed by atoms with Crippen molar-refractivity contribution in [3.05, 3.63) is 63.3 Å². The van der Waals surface area contributed by atoms with Crippen molar-refractivity contribution in [2.24, 2.45) is 0 Å². The number of likely N-dealkylation sites (N-methyl/N-ethyl adjacent to an activating group) is 1. The van der Waals surface area contributed by atoms with Crippen molar-refractivity contribution >= 4 is 17.5 Å². The van der Waals surface area contributed by atoms with Crippen molar-refractivity contribution in [1.29, 1.82) is 0 Å². The van der Waals surface area contributed by atoms with Crippen molar-refractivity contribution in [3.63, 3.8) is 0 Å². The van der Waals surface area contributed by atoms with Gasteiger partial charge in [0, 0.05) is 12.2 Å². The number of carbonyl (C=O) groups excluding carboxylic acids is 2. The number of amides is 2. The summed E-state index contributed by atoms with van der Waals surface area (Å²) in [4.78, 5) is 37.9. The molecule has 0 fully saturated rings. The van der Waals surface area contributed by atoms with E-state index >= 15 is 0 Å². The third-order valence-corrected chi connectivity index (χ3v) is 5.61. The molecule has 7 nitrogen and oxygen atoms in total. The van der Waals surface area contributed by atoms with Gasteiger partial charge in [0.2, 0.25) is 11.8 Å². The molecule has 2 amide bonds. The van der Waals surface area contributed by atoms with Crippen LogP contribution in [0.4, 0.5) is 10.1 Å². The molecule has 0 aliphatic heterocycles. The van der Waals surface area contributed by atoms with Gasteiger partial charge >= 0.3 is 0 Å². The molecule has 1 atom stereocenters. The van der Waals surface area contributed by atoms with Crippen molar-refractivity contribution in [2.45, 2.75) is 51.6 Å². The first kappa shape index (κ1) is 22.7. The van der Waals surface area contributed by atoms with Crippen LogP contribution in [0.3, 0.4) is 0 Å². The third-order valence-electron chi connectivity index (χ3n) is 5.61. The van der Waals surface area contributed by atoms with E-state index in [0.717, 1.165) is 42.5 Å². The Hall–Kier alpha value is -3.00. The van der Waals surface area contributed by atoms with Crippen LogP contribution in [0.1, 0.15) is 36.6 Å². The van der Waals surface area contributed by atoms with E-state index in [4.69, 9.17) is 0 Å². The molecule has 1 aromatic heterocycles. The molecule has 1 aliphatic carbocycles. The number of pyridine rings is 1. The van der Waals surface area contributed by atoms with Gasteiger partial charge in [-0.15, -0.1) is 0 Å². The number of benzene rings is 1. The zero-order valence-electron chi connectivity index (χ0n) is 18.0. The number of aryl methyl sites for hydroxylation is 1. The molecule has 1 aliphatic rings. The summed E-state index contributed by atoms with van der Waals surface area (Å²) in [7, 11) is 1.67. The zero-order chi connectivity index (χ0) is 22.4.